The molecule has 1 aromatic carbocycles. The summed E-state index contributed by atoms with van der Waals surface area (Å²) in [4.78, 5) is 19.7. The van der Waals surface area contributed by atoms with Crippen LogP contribution in [-0.2, 0) is 6.42 Å². The van der Waals surface area contributed by atoms with Crippen LogP contribution in [0.25, 0.3) is 0 Å². The summed E-state index contributed by atoms with van der Waals surface area (Å²) in [5, 5.41) is 0. The van der Waals surface area contributed by atoms with Crippen LogP contribution in [0.3, 0.4) is 0 Å². The van der Waals surface area contributed by atoms with Crippen molar-refractivity contribution in [2.24, 2.45) is 0 Å². The van der Waals surface area contributed by atoms with Crippen molar-refractivity contribution in [1.82, 2.24) is 9.97 Å². The third kappa shape index (κ3) is 2.87. The zero-order valence-electron chi connectivity index (χ0n) is 9.46. The number of benzene rings is 1. The van der Waals surface area contributed by atoms with E-state index in [-0.39, 0.29) is 11.6 Å². The van der Waals surface area contributed by atoms with Gasteiger partial charge in [0.05, 0.1) is 7.11 Å². The highest BCUT2D eigenvalue weighted by Crippen LogP contribution is 2.12. The lowest BCUT2D eigenvalue weighted by Gasteiger charge is -2.02. The van der Waals surface area contributed by atoms with Gasteiger partial charge in [-0.25, -0.2) is 9.97 Å². The smallest absolute Gasteiger partial charge is 0.204 e. The quantitative estimate of drug-likeness (QED) is 0.750. The summed E-state index contributed by atoms with van der Waals surface area (Å²) in [5.74, 6) is 0.941. The number of methoxy groups -OCH3 is 1. The molecule has 17 heavy (non-hydrogen) atoms. The monoisotopic (exact) mass is 228 g/mol. The van der Waals surface area contributed by atoms with Gasteiger partial charge in [0.1, 0.15) is 5.75 Å². The van der Waals surface area contributed by atoms with Crippen LogP contribution in [-0.4, -0.2) is 22.9 Å². The molecular formula is C13H12N2O2. The number of ketones is 1. The van der Waals surface area contributed by atoms with Gasteiger partial charge < -0.3 is 4.74 Å². The zero-order valence-corrected chi connectivity index (χ0v) is 9.46. The maximum absolute atomic E-state index is 11.8. The predicted molar refractivity (Wildman–Crippen MR) is 63.1 cm³/mol. The van der Waals surface area contributed by atoms with E-state index in [1.54, 1.807) is 25.6 Å². The van der Waals surface area contributed by atoms with Crippen molar-refractivity contribution in [3.05, 3.63) is 54.1 Å². The fourth-order valence-corrected chi connectivity index (χ4v) is 1.45. The molecule has 4 heteroatoms. The van der Waals surface area contributed by atoms with Crippen LogP contribution in [0.2, 0.25) is 0 Å². The van der Waals surface area contributed by atoms with Crippen LogP contribution in [0.4, 0.5) is 0 Å². The normalized spacial score (nSPS) is 9.94. The molecule has 1 aromatic heterocycles. The first-order valence-electron chi connectivity index (χ1n) is 5.23. The lowest BCUT2D eigenvalue weighted by atomic mass is 10.1. The second-order valence-corrected chi connectivity index (χ2v) is 3.52. The van der Waals surface area contributed by atoms with E-state index in [4.69, 9.17) is 4.74 Å². The number of nitrogens with zero attached hydrogens (tertiary/aromatic N) is 2. The summed E-state index contributed by atoms with van der Waals surface area (Å²) in [6.45, 7) is 0. The molecule has 0 aliphatic rings. The van der Waals surface area contributed by atoms with Gasteiger partial charge in [-0.05, 0) is 23.8 Å². The predicted octanol–water partition coefficient (Wildman–Crippen LogP) is 1.91. The molecule has 0 aliphatic carbocycles. The van der Waals surface area contributed by atoms with Gasteiger partial charge in [0.15, 0.2) is 5.82 Å². The molecule has 2 aromatic rings. The molecule has 1 heterocycles. The molecular weight excluding hydrogens is 216 g/mol. The van der Waals surface area contributed by atoms with Crippen LogP contribution in [0.1, 0.15) is 16.2 Å². The van der Waals surface area contributed by atoms with E-state index >= 15 is 0 Å². The molecule has 0 unspecified atom stereocenters. The van der Waals surface area contributed by atoms with Gasteiger partial charge in [0.25, 0.3) is 0 Å². The summed E-state index contributed by atoms with van der Waals surface area (Å²) in [7, 11) is 1.61. The van der Waals surface area contributed by atoms with Gasteiger partial charge in [-0.2, -0.15) is 0 Å². The van der Waals surface area contributed by atoms with Gasteiger partial charge in [-0.1, -0.05) is 12.1 Å². The summed E-state index contributed by atoms with van der Waals surface area (Å²) in [6, 6.07) is 9.06. The highest BCUT2D eigenvalue weighted by Gasteiger charge is 2.09. The van der Waals surface area contributed by atoms with Gasteiger partial charge in [-0.15, -0.1) is 0 Å². The third-order valence-corrected chi connectivity index (χ3v) is 2.34. The second-order valence-electron chi connectivity index (χ2n) is 3.52. The van der Waals surface area contributed by atoms with E-state index in [1.165, 1.54) is 0 Å². The summed E-state index contributed by atoms with van der Waals surface area (Å²) < 4.78 is 5.05. The highest BCUT2D eigenvalue weighted by atomic mass is 16.5. The van der Waals surface area contributed by atoms with Crippen LogP contribution < -0.4 is 4.74 Å². The molecule has 0 aliphatic heterocycles. The number of Topliss-reactive ketones (excluding diaryl/α,β-unsaturated/α-hetero) is 1. The Labute approximate surface area is 99.3 Å². The molecule has 0 bridgehead atoms. The van der Waals surface area contributed by atoms with Crippen molar-refractivity contribution < 1.29 is 9.53 Å². The van der Waals surface area contributed by atoms with Crippen molar-refractivity contribution in [3.63, 3.8) is 0 Å². The first-order chi connectivity index (χ1) is 8.29. The van der Waals surface area contributed by atoms with Crippen molar-refractivity contribution in [3.8, 4) is 5.75 Å². The SMILES string of the molecule is COc1ccc(CC(=O)c2ncccn2)cc1. The number of ether oxygens (including phenoxy) is 1. The lowest BCUT2D eigenvalue weighted by Crippen LogP contribution is -2.07. The van der Waals surface area contributed by atoms with Gasteiger partial charge in [0, 0.05) is 18.8 Å². The van der Waals surface area contributed by atoms with E-state index in [0.717, 1.165) is 11.3 Å². The number of carbonyl (C=O) groups is 1. The Bertz CT molecular complexity index is 495. The number of carbonyl (C=O) groups excluding carboxylic acids is 1. The maximum atomic E-state index is 11.8. The minimum absolute atomic E-state index is 0.0873. The topological polar surface area (TPSA) is 52.1 Å². The molecule has 0 atom stereocenters. The minimum Gasteiger partial charge on any atom is -0.497 e. The molecule has 0 radical (unpaired) electrons. The Morgan fingerprint density at radius 1 is 1.18 bits per heavy atom. The van der Waals surface area contributed by atoms with Crippen molar-refractivity contribution in [2.45, 2.75) is 6.42 Å². The molecule has 2 rings (SSSR count). The van der Waals surface area contributed by atoms with E-state index in [9.17, 15) is 4.79 Å². The first-order valence-corrected chi connectivity index (χ1v) is 5.23. The van der Waals surface area contributed by atoms with Gasteiger partial charge in [0.2, 0.25) is 5.78 Å². The largest absolute Gasteiger partial charge is 0.497 e. The molecule has 0 fully saturated rings. The maximum Gasteiger partial charge on any atom is 0.204 e. The van der Waals surface area contributed by atoms with Crippen LogP contribution in [0.15, 0.2) is 42.7 Å². The van der Waals surface area contributed by atoms with E-state index in [1.807, 2.05) is 24.3 Å². The number of hydrogen-bond donors (Lipinski definition) is 0. The highest BCUT2D eigenvalue weighted by molar-refractivity contribution is 5.93. The van der Waals surface area contributed by atoms with Crippen LogP contribution in [0.5, 0.6) is 5.75 Å². The Balaban J connectivity index is 2.08. The Morgan fingerprint density at radius 2 is 1.82 bits per heavy atom. The third-order valence-electron chi connectivity index (χ3n) is 2.34. The van der Waals surface area contributed by atoms with Crippen molar-refractivity contribution in [2.75, 3.05) is 7.11 Å². The standard InChI is InChI=1S/C13H12N2O2/c1-17-11-5-3-10(4-6-11)9-12(16)13-14-7-2-8-15-13/h2-8H,9H2,1H3. The Morgan fingerprint density at radius 3 is 2.41 bits per heavy atom. The molecule has 0 saturated carbocycles. The Kier molecular flexibility index (Phi) is 3.45. The van der Waals surface area contributed by atoms with Crippen molar-refractivity contribution in [1.29, 1.82) is 0 Å². The number of hydrogen-bond acceptors (Lipinski definition) is 4. The average Bonchev–Trinajstić information content (AvgIpc) is 2.40. The fourth-order valence-electron chi connectivity index (χ4n) is 1.45. The van der Waals surface area contributed by atoms with Crippen LogP contribution >= 0.6 is 0 Å². The summed E-state index contributed by atoms with van der Waals surface area (Å²) in [6.07, 6.45) is 3.43. The fraction of sp³-hybridized carbons (Fsp3) is 0.154. The summed E-state index contributed by atoms with van der Waals surface area (Å²) >= 11 is 0. The number of aromatic nitrogens is 2. The number of rotatable bonds is 4. The van der Waals surface area contributed by atoms with Gasteiger partial charge in [-0.3, -0.25) is 4.79 Å². The first kappa shape index (κ1) is 11.3. The molecule has 4 nitrogen and oxygen atoms in total. The molecule has 0 saturated heterocycles. The zero-order chi connectivity index (χ0) is 12.1. The second kappa shape index (κ2) is 5.21. The lowest BCUT2D eigenvalue weighted by molar-refractivity contribution is 0.0983. The molecule has 0 spiro atoms. The average molecular weight is 228 g/mol. The van der Waals surface area contributed by atoms with Crippen molar-refractivity contribution >= 4 is 5.78 Å². The molecule has 86 valence electrons. The molecule has 0 N–H and O–H groups in total. The molecule has 0 amide bonds. The Hall–Kier alpha value is -2.23. The van der Waals surface area contributed by atoms with E-state index < -0.39 is 0 Å². The van der Waals surface area contributed by atoms with E-state index in [0.29, 0.717) is 6.42 Å². The summed E-state index contributed by atoms with van der Waals surface area (Å²) in [5.41, 5.74) is 0.920. The van der Waals surface area contributed by atoms with Crippen LogP contribution in [0, 0.1) is 0 Å². The van der Waals surface area contributed by atoms with E-state index in [2.05, 4.69) is 9.97 Å². The van der Waals surface area contributed by atoms with Gasteiger partial charge >= 0.3 is 0 Å². The minimum atomic E-state index is -0.0873.